The summed E-state index contributed by atoms with van der Waals surface area (Å²) in [6.45, 7) is 9.79. The highest BCUT2D eigenvalue weighted by atomic mass is 16.5. The molecule has 4 nitrogen and oxygen atoms in total. The van der Waals surface area contributed by atoms with Crippen molar-refractivity contribution in [3.8, 4) is 0 Å². The second-order valence-electron chi connectivity index (χ2n) is 7.28. The molecule has 0 aromatic carbocycles. The van der Waals surface area contributed by atoms with Gasteiger partial charge in [0.15, 0.2) is 0 Å². The fourth-order valence-corrected chi connectivity index (χ4v) is 4.07. The molecule has 24 heavy (non-hydrogen) atoms. The minimum absolute atomic E-state index is 0.290. The number of fused-ring (bicyclic) bond motifs is 2. The average molecular weight is 330 g/mol. The van der Waals surface area contributed by atoms with Crippen LogP contribution in [0.1, 0.15) is 69.6 Å². The van der Waals surface area contributed by atoms with Crippen LogP contribution in [0.4, 0.5) is 0 Å². The van der Waals surface area contributed by atoms with Crippen LogP contribution in [0, 0.1) is 18.3 Å². The number of ether oxygens (including phenoxy) is 1. The van der Waals surface area contributed by atoms with E-state index in [2.05, 4.69) is 19.9 Å². The number of carbonyl (C=O) groups excluding carboxylic acids is 1. The summed E-state index contributed by atoms with van der Waals surface area (Å²) in [7, 11) is 0. The molecule has 0 aliphatic heterocycles. The second kappa shape index (κ2) is 5.92. The van der Waals surface area contributed by atoms with Gasteiger partial charge in [0.25, 0.3) is 0 Å². The molecule has 1 N–H and O–H groups in total. The molecule has 0 saturated carbocycles. The Morgan fingerprint density at radius 3 is 2.88 bits per heavy atom. The highest BCUT2D eigenvalue weighted by Crippen LogP contribution is 2.60. The third-order valence-corrected chi connectivity index (χ3v) is 5.99. The van der Waals surface area contributed by atoms with Gasteiger partial charge in [-0.05, 0) is 50.7 Å². The quantitative estimate of drug-likeness (QED) is 0.491. The molecule has 0 fully saturated rings. The van der Waals surface area contributed by atoms with E-state index >= 15 is 0 Å². The van der Waals surface area contributed by atoms with Crippen LogP contribution in [0.3, 0.4) is 0 Å². The van der Waals surface area contributed by atoms with Crippen LogP contribution in [0.2, 0.25) is 0 Å². The zero-order valence-electron chi connectivity index (χ0n) is 15.1. The number of rotatable bonds is 2. The molecular formula is C20H26O4. The lowest BCUT2D eigenvalue weighted by atomic mass is 9.58. The number of allylic oxidation sites excluding steroid dienone is 2. The molecule has 3 rings (SSSR count). The van der Waals surface area contributed by atoms with Crippen LogP contribution in [-0.4, -0.2) is 11.1 Å². The van der Waals surface area contributed by atoms with Crippen molar-refractivity contribution in [3.05, 3.63) is 46.4 Å². The van der Waals surface area contributed by atoms with Crippen molar-refractivity contribution in [1.29, 1.82) is 0 Å². The summed E-state index contributed by atoms with van der Waals surface area (Å²) < 4.78 is 11.6. The number of furan rings is 1. The number of hydrogen-bond donors (Lipinski definition) is 1. The number of esters is 1. The molecule has 1 aromatic rings. The second-order valence-corrected chi connectivity index (χ2v) is 7.28. The number of aliphatic hydroxyl groups is 1. The minimum atomic E-state index is -0.765. The topological polar surface area (TPSA) is 59.7 Å². The molecule has 0 saturated heterocycles. The lowest BCUT2D eigenvalue weighted by Crippen LogP contribution is -2.44. The number of aliphatic hydroxyl groups excluding tert-OH is 1. The highest BCUT2D eigenvalue weighted by molar-refractivity contribution is 5.88. The Balaban J connectivity index is 2.16. The Bertz CT molecular complexity index is 724. The summed E-state index contributed by atoms with van der Waals surface area (Å²) in [5.74, 6) is 0.489. The molecule has 0 bridgehead atoms. The van der Waals surface area contributed by atoms with Gasteiger partial charge in [-0.15, -0.1) is 0 Å². The molecule has 2 aliphatic rings. The monoisotopic (exact) mass is 330 g/mol. The molecule has 1 heterocycles. The van der Waals surface area contributed by atoms with E-state index < -0.39 is 17.6 Å². The smallest absolute Gasteiger partial charge is 0.334 e. The van der Waals surface area contributed by atoms with Crippen molar-refractivity contribution in [2.24, 2.45) is 11.3 Å². The van der Waals surface area contributed by atoms with Crippen LogP contribution in [0.15, 0.2) is 34.0 Å². The molecule has 130 valence electrons. The van der Waals surface area contributed by atoms with Gasteiger partial charge >= 0.3 is 5.97 Å². The minimum Gasteiger partial charge on any atom is -0.465 e. The van der Waals surface area contributed by atoms with E-state index in [0.717, 1.165) is 29.5 Å². The van der Waals surface area contributed by atoms with E-state index in [-0.39, 0.29) is 5.97 Å². The molecule has 0 radical (unpaired) electrons. The van der Waals surface area contributed by atoms with Gasteiger partial charge in [0, 0.05) is 16.6 Å². The van der Waals surface area contributed by atoms with E-state index in [1.54, 1.807) is 19.3 Å². The summed E-state index contributed by atoms with van der Waals surface area (Å²) in [6, 6.07) is 0. The first-order chi connectivity index (χ1) is 11.3. The number of aryl methyl sites for hydroxylation is 1. The molecule has 2 aliphatic carbocycles. The van der Waals surface area contributed by atoms with Crippen molar-refractivity contribution in [3.63, 3.8) is 0 Å². The third kappa shape index (κ3) is 2.27. The van der Waals surface area contributed by atoms with E-state index in [1.807, 2.05) is 13.8 Å². The summed E-state index contributed by atoms with van der Waals surface area (Å²) in [4.78, 5) is 12.5. The first-order valence-corrected chi connectivity index (χ1v) is 8.62. The van der Waals surface area contributed by atoms with Gasteiger partial charge in [-0.25, -0.2) is 4.79 Å². The number of carbonyl (C=O) groups is 1. The van der Waals surface area contributed by atoms with Crippen molar-refractivity contribution < 1.29 is 19.1 Å². The lowest BCUT2D eigenvalue weighted by molar-refractivity contribution is -0.155. The van der Waals surface area contributed by atoms with Gasteiger partial charge in [-0.1, -0.05) is 26.0 Å². The predicted octanol–water partition coefficient (Wildman–Crippen LogP) is 4.55. The van der Waals surface area contributed by atoms with Crippen molar-refractivity contribution in [2.45, 2.75) is 59.7 Å². The summed E-state index contributed by atoms with van der Waals surface area (Å²) in [5.41, 5.74) is 2.81. The number of hydrogen-bond acceptors (Lipinski definition) is 4. The summed E-state index contributed by atoms with van der Waals surface area (Å²) in [6.07, 6.45) is 6.21. The zero-order chi connectivity index (χ0) is 17.6. The maximum Gasteiger partial charge on any atom is 0.334 e. The van der Waals surface area contributed by atoms with E-state index in [4.69, 9.17) is 9.15 Å². The fourth-order valence-electron chi connectivity index (χ4n) is 4.07. The maximum atomic E-state index is 12.5. The molecule has 0 amide bonds. The van der Waals surface area contributed by atoms with Crippen LogP contribution in [0.25, 0.3) is 0 Å². The van der Waals surface area contributed by atoms with E-state index in [0.29, 0.717) is 17.3 Å². The molecule has 0 spiro atoms. The zero-order valence-corrected chi connectivity index (χ0v) is 15.1. The third-order valence-electron chi connectivity index (χ3n) is 5.99. The van der Waals surface area contributed by atoms with Crippen LogP contribution >= 0.6 is 0 Å². The molecule has 1 aromatic heterocycles. The van der Waals surface area contributed by atoms with Gasteiger partial charge in [0.05, 0.1) is 6.26 Å². The molecular weight excluding hydrogens is 304 g/mol. The fraction of sp³-hybridized carbons (Fsp3) is 0.550. The highest BCUT2D eigenvalue weighted by Gasteiger charge is 2.54. The summed E-state index contributed by atoms with van der Waals surface area (Å²) >= 11 is 0. The Labute approximate surface area is 143 Å². The SMILES string of the molecule is CC=C(C)C(=O)O[C@@H]1c2c(C)coc2[C@@H](O)C2=CCC[C@H](C)[C@]21C. The average Bonchev–Trinajstić information content (AvgIpc) is 2.94. The first-order valence-electron chi connectivity index (χ1n) is 8.62. The van der Waals surface area contributed by atoms with Crippen molar-refractivity contribution in [2.75, 3.05) is 0 Å². The Hall–Kier alpha value is -1.81. The van der Waals surface area contributed by atoms with Gasteiger partial charge in [0.1, 0.15) is 18.0 Å². The van der Waals surface area contributed by atoms with Gasteiger partial charge in [0.2, 0.25) is 0 Å². The largest absolute Gasteiger partial charge is 0.465 e. The van der Waals surface area contributed by atoms with Crippen LogP contribution in [-0.2, 0) is 9.53 Å². The Morgan fingerprint density at radius 1 is 1.50 bits per heavy atom. The van der Waals surface area contributed by atoms with Gasteiger partial charge in [-0.2, -0.15) is 0 Å². The van der Waals surface area contributed by atoms with Crippen molar-refractivity contribution >= 4 is 5.97 Å². The molecule has 0 unspecified atom stereocenters. The van der Waals surface area contributed by atoms with E-state index in [9.17, 15) is 9.90 Å². The van der Waals surface area contributed by atoms with E-state index in [1.165, 1.54) is 0 Å². The van der Waals surface area contributed by atoms with Gasteiger partial charge < -0.3 is 14.3 Å². The molecule has 4 atom stereocenters. The summed E-state index contributed by atoms with van der Waals surface area (Å²) in [5, 5.41) is 10.8. The Morgan fingerprint density at radius 2 is 2.21 bits per heavy atom. The Kier molecular flexibility index (Phi) is 4.20. The normalized spacial score (nSPS) is 32.7. The first kappa shape index (κ1) is 17.0. The van der Waals surface area contributed by atoms with Gasteiger partial charge in [-0.3, -0.25) is 0 Å². The standard InChI is InChI=1S/C20H26O4/c1-6-11(2)19(22)24-18-15-12(3)10-23-17(15)16(21)14-9-7-8-13(4)20(14,18)5/h6,9-10,13,16,18,21H,7-8H2,1-5H3/t13-,16-,18+,20+/m0/s1. The lowest BCUT2D eigenvalue weighted by Gasteiger charge is -2.50. The predicted molar refractivity (Wildman–Crippen MR) is 91.3 cm³/mol. The van der Waals surface area contributed by atoms with Crippen molar-refractivity contribution in [1.82, 2.24) is 0 Å². The van der Waals surface area contributed by atoms with Crippen LogP contribution < -0.4 is 0 Å². The maximum absolute atomic E-state index is 12.5. The molecule has 4 heteroatoms. The van der Waals surface area contributed by atoms with Crippen LogP contribution in [0.5, 0.6) is 0 Å².